The molecular weight excluding hydrogens is 390 g/mol. The zero-order valence-electron chi connectivity index (χ0n) is 14.7. The Hall–Kier alpha value is -2.46. The minimum Gasteiger partial charge on any atom is -0.364 e. The number of carbonyl (C=O) groups is 1. The molecule has 2 aromatic rings. The number of para-hydroxylation sites is 1. The Labute approximate surface area is 161 Å². The summed E-state index contributed by atoms with van der Waals surface area (Å²) < 4.78 is 23.9. The second-order valence-electron chi connectivity index (χ2n) is 6.30. The number of benzene rings is 1. The summed E-state index contributed by atoms with van der Waals surface area (Å²) in [4.78, 5) is 26.7. The molecular formula is C17H19N3O5S2. The number of nitrogens with zero attached hydrogens (tertiary/aromatic N) is 3. The molecule has 0 aliphatic carbocycles. The van der Waals surface area contributed by atoms with Crippen molar-refractivity contribution >= 4 is 38.5 Å². The third-order valence-electron chi connectivity index (χ3n) is 4.45. The zero-order valence-corrected chi connectivity index (χ0v) is 16.3. The van der Waals surface area contributed by atoms with E-state index in [1.165, 1.54) is 23.5 Å². The quantitative estimate of drug-likeness (QED) is 0.568. The molecule has 1 aliphatic rings. The molecule has 0 saturated carbocycles. The van der Waals surface area contributed by atoms with Crippen molar-refractivity contribution < 1.29 is 18.1 Å². The van der Waals surface area contributed by atoms with Gasteiger partial charge in [-0.25, -0.2) is 8.42 Å². The van der Waals surface area contributed by atoms with E-state index in [1.54, 1.807) is 27.3 Å². The SMILES string of the molecule is CS(=O)(=O)c1cccc(N2CCCN(C(=O)c3ccsc3)CC2)c1[N+](=O)[O-]. The summed E-state index contributed by atoms with van der Waals surface area (Å²) in [6.45, 7) is 1.85. The predicted molar refractivity (Wildman–Crippen MR) is 103 cm³/mol. The van der Waals surface area contributed by atoms with Crippen LogP contribution in [0.4, 0.5) is 11.4 Å². The molecule has 8 nitrogen and oxygen atoms in total. The molecule has 1 aromatic heterocycles. The number of thiophene rings is 1. The minimum atomic E-state index is -3.73. The van der Waals surface area contributed by atoms with Crippen LogP contribution in [-0.4, -0.2) is 56.6 Å². The second-order valence-corrected chi connectivity index (χ2v) is 9.06. The molecule has 0 atom stereocenters. The molecule has 2 heterocycles. The minimum absolute atomic E-state index is 0.0579. The van der Waals surface area contributed by atoms with Gasteiger partial charge in [-0.15, -0.1) is 0 Å². The Kier molecular flexibility index (Phi) is 5.47. The Balaban J connectivity index is 1.88. The van der Waals surface area contributed by atoms with E-state index in [-0.39, 0.29) is 16.5 Å². The molecule has 0 radical (unpaired) electrons. The lowest BCUT2D eigenvalue weighted by atomic mass is 10.2. The molecule has 0 bridgehead atoms. The maximum absolute atomic E-state index is 12.5. The van der Waals surface area contributed by atoms with Crippen LogP contribution in [-0.2, 0) is 9.84 Å². The third-order valence-corrected chi connectivity index (χ3v) is 6.26. The van der Waals surface area contributed by atoms with Crippen molar-refractivity contribution in [3.8, 4) is 0 Å². The van der Waals surface area contributed by atoms with E-state index in [2.05, 4.69) is 0 Å². The van der Waals surface area contributed by atoms with Crippen LogP contribution in [0.2, 0.25) is 0 Å². The van der Waals surface area contributed by atoms with Crippen molar-refractivity contribution in [3.05, 3.63) is 50.7 Å². The van der Waals surface area contributed by atoms with E-state index in [0.717, 1.165) is 6.26 Å². The fourth-order valence-corrected chi connectivity index (χ4v) is 4.66. The molecule has 1 aromatic carbocycles. The highest BCUT2D eigenvalue weighted by molar-refractivity contribution is 7.90. The van der Waals surface area contributed by atoms with E-state index < -0.39 is 20.4 Å². The van der Waals surface area contributed by atoms with Gasteiger partial charge in [0.2, 0.25) is 0 Å². The number of nitro benzene ring substituents is 1. The van der Waals surface area contributed by atoms with Gasteiger partial charge in [0.15, 0.2) is 9.84 Å². The van der Waals surface area contributed by atoms with E-state index in [0.29, 0.717) is 38.2 Å². The molecule has 1 fully saturated rings. The first-order valence-corrected chi connectivity index (χ1v) is 11.2. The van der Waals surface area contributed by atoms with Crippen molar-refractivity contribution in [1.82, 2.24) is 4.90 Å². The van der Waals surface area contributed by atoms with Gasteiger partial charge in [-0.3, -0.25) is 14.9 Å². The van der Waals surface area contributed by atoms with Crippen molar-refractivity contribution in [2.45, 2.75) is 11.3 Å². The van der Waals surface area contributed by atoms with Crippen LogP contribution < -0.4 is 4.90 Å². The highest BCUT2D eigenvalue weighted by Crippen LogP contribution is 2.35. The fraction of sp³-hybridized carbons (Fsp3) is 0.353. The summed E-state index contributed by atoms with van der Waals surface area (Å²) in [5.74, 6) is -0.0579. The fourth-order valence-electron chi connectivity index (χ4n) is 3.18. The lowest BCUT2D eigenvalue weighted by Gasteiger charge is -2.24. The zero-order chi connectivity index (χ0) is 19.6. The van der Waals surface area contributed by atoms with Gasteiger partial charge in [-0.05, 0) is 30.0 Å². The average Bonchev–Trinajstić information content (AvgIpc) is 3.04. The number of sulfone groups is 1. The molecule has 144 valence electrons. The normalized spacial score (nSPS) is 15.4. The van der Waals surface area contributed by atoms with Gasteiger partial charge in [0.05, 0.1) is 10.5 Å². The smallest absolute Gasteiger partial charge is 0.311 e. The molecule has 0 N–H and O–H groups in total. The van der Waals surface area contributed by atoms with Crippen LogP contribution in [0.5, 0.6) is 0 Å². The van der Waals surface area contributed by atoms with E-state index >= 15 is 0 Å². The van der Waals surface area contributed by atoms with Crippen LogP contribution >= 0.6 is 11.3 Å². The summed E-state index contributed by atoms with van der Waals surface area (Å²) in [7, 11) is -3.73. The summed E-state index contributed by atoms with van der Waals surface area (Å²) in [5.41, 5.74) is 0.504. The number of hydrogen-bond donors (Lipinski definition) is 0. The van der Waals surface area contributed by atoms with Gasteiger partial charge >= 0.3 is 5.69 Å². The van der Waals surface area contributed by atoms with Crippen molar-refractivity contribution in [2.24, 2.45) is 0 Å². The highest BCUT2D eigenvalue weighted by Gasteiger charge is 2.30. The summed E-state index contributed by atoms with van der Waals surface area (Å²) >= 11 is 1.45. The van der Waals surface area contributed by atoms with Crippen LogP contribution in [0, 0.1) is 10.1 Å². The van der Waals surface area contributed by atoms with Crippen LogP contribution in [0.1, 0.15) is 16.8 Å². The number of rotatable bonds is 4. The summed E-state index contributed by atoms with van der Waals surface area (Å²) in [6, 6.07) is 6.10. The van der Waals surface area contributed by atoms with Crippen molar-refractivity contribution in [2.75, 3.05) is 37.3 Å². The van der Waals surface area contributed by atoms with Gasteiger partial charge in [0, 0.05) is 37.8 Å². The Morgan fingerprint density at radius 1 is 1.19 bits per heavy atom. The molecule has 0 spiro atoms. The molecule has 3 rings (SSSR count). The average molecular weight is 409 g/mol. The number of nitro groups is 1. The second kappa shape index (κ2) is 7.65. The number of anilines is 1. The molecule has 27 heavy (non-hydrogen) atoms. The lowest BCUT2D eigenvalue weighted by Crippen LogP contribution is -2.35. The topological polar surface area (TPSA) is 101 Å². The Morgan fingerprint density at radius 2 is 1.96 bits per heavy atom. The van der Waals surface area contributed by atoms with Crippen LogP contribution in [0.15, 0.2) is 39.9 Å². The molecule has 10 heteroatoms. The number of carbonyl (C=O) groups excluding carboxylic acids is 1. The van der Waals surface area contributed by atoms with Gasteiger partial charge in [-0.1, -0.05) is 6.07 Å². The predicted octanol–water partition coefficient (Wildman–Crippen LogP) is 2.41. The maximum Gasteiger partial charge on any atom is 0.311 e. The molecule has 1 saturated heterocycles. The molecule has 1 amide bonds. The monoisotopic (exact) mass is 409 g/mol. The third kappa shape index (κ3) is 4.11. The largest absolute Gasteiger partial charge is 0.364 e. The highest BCUT2D eigenvalue weighted by atomic mass is 32.2. The van der Waals surface area contributed by atoms with E-state index in [4.69, 9.17) is 0 Å². The van der Waals surface area contributed by atoms with Crippen molar-refractivity contribution in [1.29, 1.82) is 0 Å². The van der Waals surface area contributed by atoms with Gasteiger partial charge in [-0.2, -0.15) is 11.3 Å². The molecule has 1 aliphatic heterocycles. The van der Waals surface area contributed by atoms with Crippen molar-refractivity contribution in [3.63, 3.8) is 0 Å². The van der Waals surface area contributed by atoms with Crippen LogP contribution in [0.25, 0.3) is 0 Å². The first-order chi connectivity index (χ1) is 12.8. The van der Waals surface area contributed by atoms with Gasteiger partial charge in [0.25, 0.3) is 5.91 Å². The summed E-state index contributed by atoms with van der Waals surface area (Å²) in [5, 5.41) is 15.2. The lowest BCUT2D eigenvalue weighted by molar-refractivity contribution is -0.387. The standard InChI is InChI=1S/C17H19N3O5S2/c1-27(24,25)15-5-2-4-14(16(15)20(22)23)18-7-3-8-19(10-9-18)17(21)13-6-11-26-12-13/h2,4-6,11-12H,3,7-10H2,1H3. The summed E-state index contributed by atoms with van der Waals surface area (Å²) in [6.07, 6.45) is 1.60. The van der Waals surface area contributed by atoms with Gasteiger partial charge < -0.3 is 9.80 Å². The Morgan fingerprint density at radius 3 is 2.59 bits per heavy atom. The van der Waals surface area contributed by atoms with Crippen LogP contribution in [0.3, 0.4) is 0 Å². The first kappa shape index (κ1) is 19.3. The molecule has 0 unspecified atom stereocenters. The Bertz CT molecular complexity index is 957. The first-order valence-electron chi connectivity index (χ1n) is 8.33. The maximum atomic E-state index is 12.5. The number of amides is 1. The van der Waals surface area contributed by atoms with E-state index in [9.17, 15) is 23.3 Å². The van der Waals surface area contributed by atoms with E-state index in [1.807, 2.05) is 5.38 Å². The van der Waals surface area contributed by atoms with Gasteiger partial charge in [0.1, 0.15) is 10.6 Å². The number of hydrogen-bond acceptors (Lipinski definition) is 7.